The molecule has 214 valence electrons. The maximum Gasteiger partial charge on any atom is 0.254 e. The molecule has 0 spiro atoms. The van der Waals surface area contributed by atoms with Gasteiger partial charge >= 0.3 is 0 Å². The Kier molecular flexibility index (Phi) is 10.00. The number of amides is 1. The number of benzene rings is 2. The van der Waals surface area contributed by atoms with Crippen molar-refractivity contribution in [2.75, 3.05) is 13.1 Å². The van der Waals surface area contributed by atoms with E-state index in [0.29, 0.717) is 12.3 Å². The summed E-state index contributed by atoms with van der Waals surface area (Å²) in [6, 6.07) is 24.7. The van der Waals surface area contributed by atoms with Crippen LogP contribution >= 0.6 is 0 Å². The standard InChI is InChI=1S/C35H41N3O3/c1-2-3-4-6-27-8-14-30(15-9-27)35(40)38(24-28-10-12-29(13-11-28)31-7-5-20-36-23-31)32-18-21-37(22-19-32)25-33-16-17-34(26-39)41-33/h5,7-17,20,23,32,39H,2-4,6,18-19,21-22,24-26H2,1H3. The van der Waals surface area contributed by atoms with Crippen LogP contribution < -0.4 is 0 Å². The number of aromatic nitrogens is 1. The molecule has 1 saturated heterocycles. The molecule has 6 nitrogen and oxygen atoms in total. The number of nitrogens with zero attached hydrogens (tertiary/aromatic N) is 3. The number of furan rings is 1. The first-order valence-electron chi connectivity index (χ1n) is 14.9. The van der Waals surface area contributed by atoms with Crippen LogP contribution in [0.15, 0.2) is 89.6 Å². The van der Waals surface area contributed by atoms with Crippen molar-refractivity contribution in [1.29, 1.82) is 0 Å². The average Bonchev–Trinajstić information content (AvgIpc) is 3.49. The highest BCUT2D eigenvalue weighted by atomic mass is 16.4. The molecule has 0 aliphatic carbocycles. The second-order valence-electron chi connectivity index (χ2n) is 11.1. The van der Waals surface area contributed by atoms with Crippen molar-refractivity contribution >= 4 is 5.91 Å². The van der Waals surface area contributed by atoms with Crippen molar-refractivity contribution in [3.63, 3.8) is 0 Å². The van der Waals surface area contributed by atoms with Crippen molar-refractivity contribution in [2.24, 2.45) is 0 Å². The van der Waals surface area contributed by atoms with Gasteiger partial charge in [0.05, 0.1) is 6.54 Å². The summed E-state index contributed by atoms with van der Waals surface area (Å²) in [5, 5.41) is 9.31. The molecule has 3 heterocycles. The summed E-state index contributed by atoms with van der Waals surface area (Å²) in [6.07, 6.45) is 10.1. The molecule has 4 aromatic rings. The number of carbonyl (C=O) groups excluding carboxylic acids is 1. The highest BCUT2D eigenvalue weighted by Crippen LogP contribution is 2.25. The molecule has 0 bridgehead atoms. The van der Waals surface area contributed by atoms with Crippen molar-refractivity contribution < 1.29 is 14.3 Å². The number of aryl methyl sites for hydroxylation is 1. The van der Waals surface area contributed by atoms with Crippen LogP contribution in [0.2, 0.25) is 0 Å². The third kappa shape index (κ3) is 7.72. The molecule has 0 saturated carbocycles. The fourth-order valence-corrected chi connectivity index (χ4v) is 5.66. The maximum atomic E-state index is 14.0. The van der Waals surface area contributed by atoms with Gasteiger partial charge in [0.15, 0.2) is 0 Å². The fraction of sp³-hybridized carbons (Fsp3) is 0.371. The van der Waals surface area contributed by atoms with Gasteiger partial charge < -0.3 is 14.4 Å². The van der Waals surface area contributed by atoms with E-state index < -0.39 is 0 Å². The molecule has 41 heavy (non-hydrogen) atoms. The molecule has 2 aromatic heterocycles. The minimum Gasteiger partial charge on any atom is -0.462 e. The first kappa shape index (κ1) is 28.8. The number of aliphatic hydroxyl groups excluding tert-OH is 1. The molecular weight excluding hydrogens is 510 g/mol. The Morgan fingerprint density at radius 2 is 1.66 bits per heavy atom. The van der Waals surface area contributed by atoms with Gasteiger partial charge in [0.25, 0.3) is 5.91 Å². The predicted molar refractivity (Wildman–Crippen MR) is 162 cm³/mol. The lowest BCUT2D eigenvalue weighted by atomic mass is 9.99. The van der Waals surface area contributed by atoms with Crippen LogP contribution in [0, 0.1) is 0 Å². The molecule has 5 rings (SSSR count). The molecule has 0 unspecified atom stereocenters. The molecule has 1 fully saturated rings. The van der Waals surface area contributed by atoms with E-state index in [1.807, 2.05) is 36.5 Å². The Bertz CT molecular complexity index is 1360. The number of hydrogen-bond acceptors (Lipinski definition) is 5. The van der Waals surface area contributed by atoms with Gasteiger partial charge in [-0.05, 0) is 78.3 Å². The summed E-state index contributed by atoms with van der Waals surface area (Å²) in [4.78, 5) is 22.7. The number of hydrogen-bond donors (Lipinski definition) is 1. The molecule has 1 aliphatic heterocycles. The zero-order chi connectivity index (χ0) is 28.4. The van der Waals surface area contributed by atoms with Gasteiger partial charge in [0, 0.05) is 43.6 Å². The number of rotatable bonds is 12. The highest BCUT2D eigenvalue weighted by Gasteiger charge is 2.29. The molecule has 0 atom stereocenters. The van der Waals surface area contributed by atoms with Gasteiger partial charge in [-0.2, -0.15) is 0 Å². The molecule has 1 amide bonds. The van der Waals surface area contributed by atoms with Crippen molar-refractivity contribution in [3.8, 4) is 11.1 Å². The molecular formula is C35H41N3O3. The summed E-state index contributed by atoms with van der Waals surface area (Å²) < 4.78 is 5.71. The zero-order valence-corrected chi connectivity index (χ0v) is 24.0. The van der Waals surface area contributed by atoms with Gasteiger partial charge in [0.2, 0.25) is 0 Å². The van der Waals surface area contributed by atoms with E-state index in [-0.39, 0.29) is 18.6 Å². The Hall–Kier alpha value is -3.74. The van der Waals surface area contributed by atoms with Crippen molar-refractivity contribution in [1.82, 2.24) is 14.8 Å². The fourth-order valence-electron chi connectivity index (χ4n) is 5.66. The lowest BCUT2D eigenvalue weighted by molar-refractivity contribution is 0.0535. The molecule has 1 N–H and O–H groups in total. The summed E-state index contributed by atoms with van der Waals surface area (Å²) in [6.45, 7) is 5.21. The largest absolute Gasteiger partial charge is 0.462 e. The highest BCUT2D eigenvalue weighted by molar-refractivity contribution is 5.94. The van der Waals surface area contributed by atoms with Crippen LogP contribution in [0.3, 0.4) is 0 Å². The monoisotopic (exact) mass is 551 g/mol. The third-order valence-electron chi connectivity index (χ3n) is 8.08. The normalized spacial score (nSPS) is 14.3. The second kappa shape index (κ2) is 14.2. The van der Waals surface area contributed by atoms with Crippen LogP contribution in [0.4, 0.5) is 0 Å². The van der Waals surface area contributed by atoms with E-state index >= 15 is 0 Å². The first-order valence-corrected chi connectivity index (χ1v) is 14.9. The minimum atomic E-state index is -0.0813. The summed E-state index contributed by atoms with van der Waals surface area (Å²) in [7, 11) is 0. The van der Waals surface area contributed by atoms with E-state index in [1.165, 1.54) is 24.8 Å². The number of pyridine rings is 1. The average molecular weight is 552 g/mol. The molecule has 0 radical (unpaired) electrons. The van der Waals surface area contributed by atoms with Crippen LogP contribution in [0.5, 0.6) is 0 Å². The number of aliphatic hydroxyl groups is 1. The summed E-state index contributed by atoms with van der Waals surface area (Å²) in [5.74, 6) is 1.56. The van der Waals surface area contributed by atoms with Crippen LogP contribution in [0.25, 0.3) is 11.1 Å². The van der Waals surface area contributed by atoms with Gasteiger partial charge in [-0.1, -0.05) is 62.2 Å². The Balaban J connectivity index is 1.29. The number of unbranched alkanes of at least 4 members (excludes halogenated alkanes) is 2. The Morgan fingerprint density at radius 3 is 2.32 bits per heavy atom. The van der Waals surface area contributed by atoms with Gasteiger partial charge in [0.1, 0.15) is 18.1 Å². The number of piperidine rings is 1. The van der Waals surface area contributed by atoms with Crippen LogP contribution in [-0.2, 0) is 26.1 Å². The quantitative estimate of drug-likeness (QED) is 0.195. The second-order valence-corrected chi connectivity index (χ2v) is 11.1. The van der Waals surface area contributed by atoms with E-state index in [4.69, 9.17) is 4.42 Å². The number of carbonyl (C=O) groups is 1. The first-order chi connectivity index (χ1) is 20.1. The van der Waals surface area contributed by atoms with Crippen LogP contribution in [-0.4, -0.2) is 44.9 Å². The van der Waals surface area contributed by atoms with Crippen molar-refractivity contribution in [2.45, 2.75) is 71.2 Å². The maximum absolute atomic E-state index is 14.0. The zero-order valence-electron chi connectivity index (χ0n) is 24.0. The topological polar surface area (TPSA) is 69.8 Å². The van der Waals surface area contributed by atoms with E-state index in [1.54, 1.807) is 6.20 Å². The Labute approximate surface area is 243 Å². The third-order valence-corrected chi connectivity index (χ3v) is 8.08. The van der Waals surface area contributed by atoms with E-state index in [0.717, 1.165) is 66.9 Å². The SMILES string of the molecule is CCCCCc1ccc(C(=O)N(Cc2ccc(-c3cccnc3)cc2)C2CCN(Cc3ccc(CO)o3)CC2)cc1. The van der Waals surface area contributed by atoms with E-state index in [9.17, 15) is 9.90 Å². The molecule has 2 aromatic carbocycles. The Morgan fingerprint density at radius 1 is 0.927 bits per heavy atom. The van der Waals surface area contributed by atoms with Crippen molar-refractivity contribution in [3.05, 3.63) is 113 Å². The van der Waals surface area contributed by atoms with Gasteiger partial charge in [-0.15, -0.1) is 0 Å². The molecule has 6 heteroatoms. The predicted octanol–water partition coefficient (Wildman–Crippen LogP) is 6.87. The summed E-state index contributed by atoms with van der Waals surface area (Å²) >= 11 is 0. The lowest BCUT2D eigenvalue weighted by Crippen LogP contribution is -2.46. The van der Waals surface area contributed by atoms with Gasteiger partial charge in [-0.25, -0.2) is 0 Å². The molecule has 1 aliphatic rings. The van der Waals surface area contributed by atoms with Crippen LogP contribution in [0.1, 0.15) is 72.0 Å². The number of likely N-dealkylation sites (tertiary alicyclic amines) is 1. The lowest BCUT2D eigenvalue weighted by Gasteiger charge is -2.38. The smallest absolute Gasteiger partial charge is 0.254 e. The minimum absolute atomic E-state index is 0.0813. The van der Waals surface area contributed by atoms with E-state index in [2.05, 4.69) is 64.2 Å². The summed E-state index contributed by atoms with van der Waals surface area (Å²) in [5.41, 5.74) is 5.38. The van der Waals surface area contributed by atoms with Gasteiger partial charge in [-0.3, -0.25) is 14.7 Å².